The lowest BCUT2D eigenvalue weighted by molar-refractivity contribution is 0.460. The van der Waals surface area contributed by atoms with Crippen LogP contribution in [0.4, 0.5) is 0 Å². The summed E-state index contributed by atoms with van der Waals surface area (Å²) >= 11 is 0. The first-order valence-corrected chi connectivity index (χ1v) is 6.69. The number of fused-ring (bicyclic) bond motifs is 3. The average molecular weight is 279 g/mol. The molecule has 2 aromatic heterocycles. The van der Waals surface area contributed by atoms with E-state index >= 15 is 0 Å². The standard InChI is InChI=1S/C15H13N5O/c16-12-6-10-7-14(21-11-4-2-1-3-5-11)17-8-13(10)20-9-18-19-15(12)20/h1-5,7-9,12H,6,16H2. The highest BCUT2D eigenvalue weighted by atomic mass is 16.5. The summed E-state index contributed by atoms with van der Waals surface area (Å²) in [6, 6.07) is 11.3. The molecule has 1 aliphatic rings. The quantitative estimate of drug-likeness (QED) is 0.776. The van der Waals surface area contributed by atoms with Gasteiger partial charge in [0.1, 0.15) is 12.1 Å². The third kappa shape index (κ3) is 2.05. The third-order valence-corrected chi connectivity index (χ3v) is 3.51. The first-order chi connectivity index (χ1) is 10.3. The second-order valence-electron chi connectivity index (χ2n) is 4.94. The van der Waals surface area contributed by atoms with Gasteiger partial charge in [-0.25, -0.2) is 4.98 Å². The Bertz CT molecular complexity index is 784. The minimum Gasteiger partial charge on any atom is -0.439 e. The second-order valence-corrected chi connectivity index (χ2v) is 4.94. The molecule has 1 aliphatic heterocycles. The Morgan fingerprint density at radius 3 is 2.95 bits per heavy atom. The van der Waals surface area contributed by atoms with Crippen molar-refractivity contribution in [3.8, 4) is 17.3 Å². The maximum atomic E-state index is 6.12. The van der Waals surface area contributed by atoms with Crippen molar-refractivity contribution >= 4 is 0 Å². The molecule has 3 aromatic rings. The van der Waals surface area contributed by atoms with Crippen molar-refractivity contribution in [1.29, 1.82) is 0 Å². The van der Waals surface area contributed by atoms with Gasteiger partial charge < -0.3 is 10.5 Å². The molecule has 21 heavy (non-hydrogen) atoms. The number of hydrogen-bond acceptors (Lipinski definition) is 5. The zero-order valence-electron chi connectivity index (χ0n) is 11.2. The predicted molar refractivity (Wildman–Crippen MR) is 76.3 cm³/mol. The van der Waals surface area contributed by atoms with Crippen molar-refractivity contribution in [2.45, 2.75) is 12.5 Å². The highest BCUT2D eigenvalue weighted by Gasteiger charge is 2.24. The van der Waals surface area contributed by atoms with Gasteiger partial charge in [0.2, 0.25) is 5.88 Å². The lowest BCUT2D eigenvalue weighted by Crippen LogP contribution is -2.24. The number of nitrogens with zero attached hydrogens (tertiary/aromatic N) is 4. The number of nitrogens with two attached hydrogens (primary N) is 1. The van der Waals surface area contributed by atoms with Gasteiger partial charge in [-0.2, -0.15) is 0 Å². The van der Waals surface area contributed by atoms with Crippen LogP contribution in [0.5, 0.6) is 11.6 Å². The van der Waals surface area contributed by atoms with Gasteiger partial charge in [0.25, 0.3) is 0 Å². The Labute approximate surface area is 121 Å². The van der Waals surface area contributed by atoms with E-state index in [0.717, 1.165) is 22.8 Å². The number of para-hydroxylation sites is 1. The van der Waals surface area contributed by atoms with Crippen molar-refractivity contribution in [3.63, 3.8) is 0 Å². The van der Waals surface area contributed by atoms with Gasteiger partial charge in [-0.3, -0.25) is 4.57 Å². The summed E-state index contributed by atoms with van der Waals surface area (Å²) < 4.78 is 7.63. The topological polar surface area (TPSA) is 78.9 Å². The van der Waals surface area contributed by atoms with Crippen LogP contribution in [0.1, 0.15) is 17.4 Å². The molecule has 0 bridgehead atoms. The molecule has 104 valence electrons. The molecule has 0 fully saturated rings. The van der Waals surface area contributed by atoms with Crippen molar-refractivity contribution < 1.29 is 4.74 Å². The third-order valence-electron chi connectivity index (χ3n) is 3.51. The Morgan fingerprint density at radius 2 is 2.10 bits per heavy atom. The molecule has 3 heterocycles. The van der Waals surface area contributed by atoms with E-state index in [2.05, 4.69) is 15.2 Å². The fraction of sp³-hybridized carbons (Fsp3) is 0.133. The number of hydrogen-bond donors (Lipinski definition) is 1. The van der Waals surface area contributed by atoms with Crippen LogP contribution < -0.4 is 10.5 Å². The fourth-order valence-corrected chi connectivity index (χ4v) is 2.52. The van der Waals surface area contributed by atoms with Crippen molar-refractivity contribution in [2.75, 3.05) is 0 Å². The summed E-state index contributed by atoms with van der Waals surface area (Å²) in [7, 11) is 0. The number of benzene rings is 1. The highest BCUT2D eigenvalue weighted by molar-refractivity contribution is 5.46. The normalized spacial score (nSPS) is 16.1. The Hall–Kier alpha value is -2.73. The smallest absolute Gasteiger partial charge is 0.219 e. The van der Waals surface area contributed by atoms with E-state index in [9.17, 15) is 0 Å². The van der Waals surface area contributed by atoms with Gasteiger partial charge in [0.05, 0.1) is 17.9 Å². The predicted octanol–water partition coefficient (Wildman–Crippen LogP) is 2.01. The molecule has 4 rings (SSSR count). The Balaban J connectivity index is 1.71. The SMILES string of the molecule is NC1Cc2cc(Oc3ccccc3)ncc2-n2cnnc21. The van der Waals surface area contributed by atoms with Crippen LogP contribution in [0, 0.1) is 0 Å². The van der Waals surface area contributed by atoms with Gasteiger partial charge in [-0.15, -0.1) is 10.2 Å². The zero-order valence-corrected chi connectivity index (χ0v) is 11.2. The van der Waals surface area contributed by atoms with E-state index in [1.807, 2.05) is 41.0 Å². The lowest BCUT2D eigenvalue weighted by atomic mass is 10.0. The number of pyridine rings is 1. The molecule has 1 unspecified atom stereocenters. The molecule has 0 saturated carbocycles. The van der Waals surface area contributed by atoms with Crippen LogP contribution in [0.3, 0.4) is 0 Å². The molecule has 0 radical (unpaired) electrons. The van der Waals surface area contributed by atoms with E-state index in [-0.39, 0.29) is 6.04 Å². The molecule has 0 amide bonds. The van der Waals surface area contributed by atoms with E-state index < -0.39 is 0 Å². The molecule has 6 nitrogen and oxygen atoms in total. The molecule has 2 N–H and O–H groups in total. The van der Waals surface area contributed by atoms with Gasteiger partial charge in [-0.05, 0) is 24.1 Å². The van der Waals surface area contributed by atoms with Gasteiger partial charge in [0, 0.05) is 6.07 Å². The zero-order chi connectivity index (χ0) is 14.2. The maximum Gasteiger partial charge on any atom is 0.219 e. The Kier molecular flexibility index (Phi) is 2.68. The molecule has 1 aromatic carbocycles. The van der Waals surface area contributed by atoms with E-state index in [4.69, 9.17) is 10.5 Å². The second kappa shape index (κ2) is 4.68. The molecule has 1 atom stereocenters. The summed E-state index contributed by atoms with van der Waals surface area (Å²) in [4.78, 5) is 4.35. The van der Waals surface area contributed by atoms with Crippen LogP contribution in [0.25, 0.3) is 5.69 Å². The lowest BCUT2D eigenvalue weighted by Gasteiger charge is -2.22. The molecule has 0 saturated heterocycles. The van der Waals surface area contributed by atoms with Gasteiger partial charge in [0.15, 0.2) is 5.82 Å². The first-order valence-electron chi connectivity index (χ1n) is 6.69. The monoisotopic (exact) mass is 279 g/mol. The first kappa shape index (κ1) is 12.0. The summed E-state index contributed by atoms with van der Waals surface area (Å²) in [5.41, 5.74) is 8.16. The van der Waals surface area contributed by atoms with Crippen LogP contribution in [-0.2, 0) is 6.42 Å². The number of ether oxygens (including phenoxy) is 1. The van der Waals surface area contributed by atoms with Crippen LogP contribution in [0.15, 0.2) is 48.9 Å². The minimum atomic E-state index is -0.160. The van der Waals surface area contributed by atoms with Crippen LogP contribution in [-0.4, -0.2) is 19.7 Å². The summed E-state index contributed by atoms with van der Waals surface area (Å²) in [6.45, 7) is 0. The minimum absolute atomic E-state index is 0.160. The highest BCUT2D eigenvalue weighted by Crippen LogP contribution is 2.30. The van der Waals surface area contributed by atoms with Crippen LogP contribution in [0.2, 0.25) is 0 Å². The average Bonchev–Trinajstić information content (AvgIpc) is 2.98. The Morgan fingerprint density at radius 1 is 1.24 bits per heavy atom. The van der Waals surface area contributed by atoms with Gasteiger partial charge >= 0.3 is 0 Å². The van der Waals surface area contributed by atoms with E-state index in [1.54, 1.807) is 12.5 Å². The number of rotatable bonds is 2. The van der Waals surface area contributed by atoms with Crippen molar-refractivity contribution in [3.05, 3.63) is 60.3 Å². The molecular weight excluding hydrogens is 266 g/mol. The summed E-state index contributed by atoms with van der Waals surface area (Å²) in [5, 5.41) is 7.97. The van der Waals surface area contributed by atoms with Crippen molar-refractivity contribution in [2.24, 2.45) is 5.73 Å². The fourth-order valence-electron chi connectivity index (χ4n) is 2.52. The van der Waals surface area contributed by atoms with E-state index in [0.29, 0.717) is 12.3 Å². The molecular formula is C15H13N5O. The summed E-state index contributed by atoms with van der Waals surface area (Å²) in [6.07, 6.45) is 4.13. The molecule has 0 spiro atoms. The van der Waals surface area contributed by atoms with E-state index in [1.165, 1.54) is 0 Å². The van der Waals surface area contributed by atoms with Crippen LogP contribution >= 0.6 is 0 Å². The maximum absolute atomic E-state index is 6.12. The van der Waals surface area contributed by atoms with Gasteiger partial charge in [-0.1, -0.05) is 18.2 Å². The molecule has 0 aliphatic carbocycles. The summed E-state index contributed by atoms with van der Waals surface area (Å²) in [5.74, 6) is 2.08. The molecule has 6 heteroatoms. The van der Waals surface area contributed by atoms with Crippen molar-refractivity contribution in [1.82, 2.24) is 19.7 Å². The largest absolute Gasteiger partial charge is 0.439 e. The number of aromatic nitrogens is 4.